The number of nitrogens with zero attached hydrogens (tertiary/aromatic N) is 5. The van der Waals surface area contributed by atoms with E-state index in [-0.39, 0.29) is 0 Å². The summed E-state index contributed by atoms with van der Waals surface area (Å²) in [6.45, 7) is 0. The average Bonchev–Trinajstić information content (AvgIpc) is 2.98. The van der Waals surface area contributed by atoms with Crippen molar-refractivity contribution in [3.05, 3.63) is 24.3 Å². The van der Waals surface area contributed by atoms with Crippen molar-refractivity contribution >= 4 is 11.8 Å². The van der Waals surface area contributed by atoms with Crippen LogP contribution in [0.2, 0.25) is 0 Å². The minimum absolute atomic E-state index is 0.384. The zero-order valence-corrected chi connectivity index (χ0v) is 10.5. The molecule has 0 atom stereocenters. The number of rotatable bonds is 3. The molecule has 0 spiro atoms. The van der Waals surface area contributed by atoms with Crippen molar-refractivity contribution in [2.45, 2.75) is 41.8 Å². The third-order valence-electron chi connectivity index (χ3n) is 3.04. The Balaban J connectivity index is 1.82. The standard InChI is InChI=1S/C11H12FN5S/c12-10-7-9(5-6-13-10)18-11-14-15-16-17(11)8-3-1-2-4-8/h5-8H,1-4H2. The average molecular weight is 265 g/mol. The Morgan fingerprint density at radius 3 is 2.94 bits per heavy atom. The largest absolute Gasteiger partial charge is 0.228 e. The topological polar surface area (TPSA) is 56.5 Å². The summed E-state index contributed by atoms with van der Waals surface area (Å²) in [7, 11) is 0. The van der Waals surface area contributed by atoms with Crippen molar-refractivity contribution in [2.75, 3.05) is 0 Å². The van der Waals surface area contributed by atoms with E-state index in [2.05, 4.69) is 20.5 Å². The van der Waals surface area contributed by atoms with Crippen LogP contribution in [-0.4, -0.2) is 25.2 Å². The third-order valence-corrected chi connectivity index (χ3v) is 3.98. The molecule has 2 heterocycles. The minimum atomic E-state index is -0.486. The highest BCUT2D eigenvalue weighted by atomic mass is 32.2. The summed E-state index contributed by atoms with van der Waals surface area (Å²) in [6, 6.07) is 3.52. The minimum Gasteiger partial charge on any atom is -0.228 e. The Bertz CT molecular complexity index is 538. The molecule has 94 valence electrons. The van der Waals surface area contributed by atoms with Gasteiger partial charge in [0.1, 0.15) is 0 Å². The van der Waals surface area contributed by atoms with Crippen LogP contribution in [0, 0.1) is 5.95 Å². The second-order valence-corrected chi connectivity index (χ2v) is 5.30. The van der Waals surface area contributed by atoms with Crippen LogP contribution in [-0.2, 0) is 0 Å². The van der Waals surface area contributed by atoms with Crippen molar-refractivity contribution in [3.8, 4) is 0 Å². The molecule has 0 radical (unpaired) electrons. The van der Waals surface area contributed by atoms with E-state index in [0.717, 1.165) is 17.7 Å². The Kier molecular flexibility index (Phi) is 3.22. The maximum absolute atomic E-state index is 13.0. The lowest BCUT2D eigenvalue weighted by atomic mass is 10.3. The molecular formula is C11H12FN5S. The van der Waals surface area contributed by atoms with E-state index in [9.17, 15) is 4.39 Å². The molecule has 3 rings (SSSR count). The van der Waals surface area contributed by atoms with Gasteiger partial charge < -0.3 is 0 Å². The molecule has 0 N–H and O–H groups in total. The lowest BCUT2D eigenvalue weighted by Crippen LogP contribution is -2.08. The molecular weight excluding hydrogens is 253 g/mol. The van der Waals surface area contributed by atoms with Crippen LogP contribution in [0.25, 0.3) is 0 Å². The molecule has 0 amide bonds. The summed E-state index contributed by atoms with van der Waals surface area (Å²) in [5.41, 5.74) is 0. The van der Waals surface area contributed by atoms with E-state index in [1.807, 2.05) is 4.68 Å². The summed E-state index contributed by atoms with van der Waals surface area (Å²) in [5.74, 6) is -0.486. The van der Waals surface area contributed by atoms with Crippen LogP contribution in [0.1, 0.15) is 31.7 Å². The van der Waals surface area contributed by atoms with Gasteiger partial charge >= 0.3 is 0 Å². The van der Waals surface area contributed by atoms with Crippen molar-refractivity contribution < 1.29 is 4.39 Å². The molecule has 0 saturated heterocycles. The highest BCUT2D eigenvalue weighted by molar-refractivity contribution is 7.99. The Morgan fingerprint density at radius 1 is 1.33 bits per heavy atom. The van der Waals surface area contributed by atoms with Gasteiger partial charge in [0.15, 0.2) is 0 Å². The van der Waals surface area contributed by atoms with E-state index >= 15 is 0 Å². The number of tetrazole rings is 1. The Morgan fingerprint density at radius 2 is 2.17 bits per heavy atom. The molecule has 1 aliphatic rings. The first-order chi connectivity index (χ1) is 8.83. The maximum Gasteiger partial charge on any atom is 0.214 e. The Labute approximate surface area is 108 Å². The second-order valence-electron chi connectivity index (χ2n) is 4.26. The number of hydrogen-bond donors (Lipinski definition) is 0. The maximum atomic E-state index is 13.0. The first-order valence-corrected chi connectivity index (χ1v) is 6.72. The summed E-state index contributed by atoms with van der Waals surface area (Å²) in [5, 5.41) is 12.5. The number of pyridine rings is 1. The SMILES string of the molecule is Fc1cc(Sc2nnnn2C2CCCC2)ccn1. The van der Waals surface area contributed by atoms with Crippen LogP contribution in [0.4, 0.5) is 4.39 Å². The first-order valence-electron chi connectivity index (χ1n) is 5.90. The number of aromatic nitrogens is 5. The normalized spacial score (nSPS) is 16.3. The van der Waals surface area contributed by atoms with Gasteiger partial charge in [-0.05, 0) is 41.1 Å². The predicted molar refractivity (Wildman–Crippen MR) is 63.6 cm³/mol. The predicted octanol–water partition coefficient (Wildman–Crippen LogP) is 2.47. The van der Waals surface area contributed by atoms with Crippen molar-refractivity contribution in [3.63, 3.8) is 0 Å². The van der Waals surface area contributed by atoms with Crippen molar-refractivity contribution in [1.82, 2.24) is 25.2 Å². The highest BCUT2D eigenvalue weighted by Crippen LogP contribution is 2.33. The molecule has 5 nitrogen and oxygen atoms in total. The lowest BCUT2D eigenvalue weighted by molar-refractivity contribution is 0.423. The van der Waals surface area contributed by atoms with Gasteiger partial charge in [-0.25, -0.2) is 9.67 Å². The quantitative estimate of drug-likeness (QED) is 0.798. The van der Waals surface area contributed by atoms with Crippen LogP contribution >= 0.6 is 11.8 Å². The monoisotopic (exact) mass is 265 g/mol. The van der Waals surface area contributed by atoms with Crippen molar-refractivity contribution in [2.24, 2.45) is 0 Å². The van der Waals surface area contributed by atoms with E-state index < -0.39 is 5.95 Å². The Hall–Kier alpha value is -1.50. The van der Waals surface area contributed by atoms with E-state index in [4.69, 9.17) is 0 Å². The van der Waals surface area contributed by atoms with Gasteiger partial charge in [-0.3, -0.25) is 0 Å². The fraction of sp³-hybridized carbons (Fsp3) is 0.455. The van der Waals surface area contributed by atoms with Gasteiger partial charge in [0.25, 0.3) is 0 Å². The smallest absolute Gasteiger partial charge is 0.214 e. The van der Waals surface area contributed by atoms with Crippen LogP contribution in [0.5, 0.6) is 0 Å². The van der Waals surface area contributed by atoms with Crippen LogP contribution < -0.4 is 0 Å². The first kappa shape index (κ1) is 11.6. The van der Waals surface area contributed by atoms with Gasteiger partial charge in [-0.15, -0.1) is 5.10 Å². The summed E-state index contributed by atoms with van der Waals surface area (Å²) < 4.78 is 14.9. The molecule has 0 unspecified atom stereocenters. The van der Waals surface area contributed by atoms with Gasteiger partial charge in [-0.1, -0.05) is 12.8 Å². The highest BCUT2D eigenvalue weighted by Gasteiger charge is 2.21. The van der Waals surface area contributed by atoms with E-state index in [1.54, 1.807) is 6.07 Å². The molecule has 2 aromatic heterocycles. The second kappa shape index (κ2) is 5.01. The zero-order chi connectivity index (χ0) is 12.4. The molecule has 1 saturated carbocycles. The molecule has 0 bridgehead atoms. The van der Waals surface area contributed by atoms with Crippen LogP contribution in [0.15, 0.2) is 28.4 Å². The molecule has 0 aliphatic heterocycles. The molecule has 18 heavy (non-hydrogen) atoms. The summed E-state index contributed by atoms with van der Waals surface area (Å²) in [4.78, 5) is 4.29. The summed E-state index contributed by atoms with van der Waals surface area (Å²) >= 11 is 1.37. The van der Waals surface area contributed by atoms with Gasteiger partial charge in [0, 0.05) is 17.2 Å². The third kappa shape index (κ3) is 2.35. The zero-order valence-electron chi connectivity index (χ0n) is 9.66. The van der Waals surface area contributed by atoms with Crippen molar-refractivity contribution in [1.29, 1.82) is 0 Å². The van der Waals surface area contributed by atoms with Crippen LogP contribution in [0.3, 0.4) is 0 Å². The molecule has 1 fully saturated rings. The molecule has 7 heteroatoms. The molecule has 1 aliphatic carbocycles. The van der Waals surface area contributed by atoms with E-state index in [1.165, 1.54) is 36.9 Å². The molecule has 2 aromatic rings. The van der Waals surface area contributed by atoms with Gasteiger partial charge in [0.05, 0.1) is 6.04 Å². The number of hydrogen-bond acceptors (Lipinski definition) is 5. The fourth-order valence-electron chi connectivity index (χ4n) is 2.18. The molecule has 0 aromatic carbocycles. The number of halogens is 1. The fourth-order valence-corrected chi connectivity index (χ4v) is 3.04. The van der Waals surface area contributed by atoms with Gasteiger partial charge in [0.2, 0.25) is 11.1 Å². The lowest BCUT2D eigenvalue weighted by Gasteiger charge is -2.10. The van der Waals surface area contributed by atoms with Gasteiger partial charge in [-0.2, -0.15) is 4.39 Å². The van der Waals surface area contributed by atoms with E-state index in [0.29, 0.717) is 11.2 Å². The summed E-state index contributed by atoms with van der Waals surface area (Å²) in [6.07, 6.45) is 6.12.